The van der Waals surface area contributed by atoms with Crippen molar-refractivity contribution in [3.05, 3.63) is 112 Å². The zero-order valence-electron chi connectivity index (χ0n) is 17.8. The van der Waals surface area contributed by atoms with Crippen LogP contribution in [0.5, 0.6) is 5.75 Å². The summed E-state index contributed by atoms with van der Waals surface area (Å²) in [6.07, 6.45) is 4.77. The largest absolute Gasteiger partial charge is 0.481 e. The first-order chi connectivity index (χ1) is 16.0. The van der Waals surface area contributed by atoms with Gasteiger partial charge in [-0.3, -0.25) is 9.59 Å². The van der Waals surface area contributed by atoms with Crippen LogP contribution >= 0.6 is 11.6 Å². The van der Waals surface area contributed by atoms with E-state index in [1.807, 2.05) is 42.2 Å². The number of benzene rings is 2. The third-order valence-corrected chi connectivity index (χ3v) is 5.84. The van der Waals surface area contributed by atoms with Crippen LogP contribution < -0.4 is 15.0 Å². The summed E-state index contributed by atoms with van der Waals surface area (Å²) in [5, 5.41) is 3.43. The lowest BCUT2D eigenvalue weighted by Gasteiger charge is -2.34. The van der Waals surface area contributed by atoms with Crippen molar-refractivity contribution in [2.45, 2.75) is 13.0 Å². The van der Waals surface area contributed by atoms with E-state index in [0.717, 1.165) is 11.3 Å². The minimum Gasteiger partial charge on any atom is -0.481 e. The summed E-state index contributed by atoms with van der Waals surface area (Å²) in [4.78, 5) is 32.3. The smallest absolute Gasteiger partial charge is 0.251 e. The molecule has 33 heavy (non-hydrogen) atoms. The molecule has 1 N–H and O–H groups in total. The van der Waals surface area contributed by atoms with E-state index in [2.05, 4.69) is 10.3 Å². The molecule has 0 spiro atoms. The SMILES string of the molecule is Cc1cccnc1N1C=C2C(=O)c3ccccc3O[C@H]2C=C1CNC(=O)c1cccc(Cl)c1. The fourth-order valence-corrected chi connectivity index (χ4v) is 4.14. The van der Waals surface area contributed by atoms with Crippen molar-refractivity contribution in [3.8, 4) is 5.75 Å². The predicted octanol–water partition coefficient (Wildman–Crippen LogP) is 4.71. The average molecular weight is 458 g/mol. The van der Waals surface area contributed by atoms with Gasteiger partial charge < -0.3 is 15.0 Å². The molecule has 0 saturated heterocycles. The van der Waals surface area contributed by atoms with Crippen LogP contribution in [-0.2, 0) is 0 Å². The van der Waals surface area contributed by atoms with Gasteiger partial charge in [-0.05, 0) is 55.0 Å². The Balaban J connectivity index is 1.49. The zero-order chi connectivity index (χ0) is 22.9. The first kappa shape index (κ1) is 21.0. The number of ether oxygens (including phenoxy) is 1. The number of carbonyl (C=O) groups excluding carboxylic acids is 2. The topological polar surface area (TPSA) is 71.5 Å². The van der Waals surface area contributed by atoms with Crippen molar-refractivity contribution < 1.29 is 14.3 Å². The number of hydrogen-bond donors (Lipinski definition) is 1. The molecule has 2 aromatic carbocycles. The Bertz CT molecular complexity index is 1330. The number of rotatable bonds is 4. The van der Waals surface area contributed by atoms with Crippen LogP contribution in [0.25, 0.3) is 0 Å². The van der Waals surface area contributed by atoms with Gasteiger partial charge in [0.15, 0.2) is 5.78 Å². The molecule has 0 fully saturated rings. The summed E-state index contributed by atoms with van der Waals surface area (Å²) < 4.78 is 6.12. The highest BCUT2D eigenvalue weighted by Gasteiger charge is 2.35. The number of hydrogen-bond acceptors (Lipinski definition) is 5. The van der Waals surface area contributed by atoms with E-state index in [-0.39, 0.29) is 18.2 Å². The van der Waals surface area contributed by atoms with Crippen LogP contribution in [0, 0.1) is 6.92 Å². The summed E-state index contributed by atoms with van der Waals surface area (Å²) in [7, 11) is 0. The normalized spacial score (nSPS) is 16.7. The van der Waals surface area contributed by atoms with Crippen molar-refractivity contribution in [2.75, 3.05) is 11.4 Å². The number of carbonyl (C=O) groups is 2. The molecular weight excluding hydrogens is 438 g/mol. The molecule has 3 heterocycles. The van der Waals surface area contributed by atoms with Gasteiger partial charge in [0, 0.05) is 28.7 Å². The van der Waals surface area contributed by atoms with E-state index in [1.54, 1.807) is 48.8 Å². The molecule has 0 bridgehead atoms. The van der Waals surface area contributed by atoms with Gasteiger partial charge in [0.2, 0.25) is 0 Å². The standard InChI is InChI=1S/C26H20ClN3O3/c1-16-6-5-11-28-25(16)30-15-21-23(33-22-10-3-2-9-20(22)24(21)31)13-19(30)14-29-26(32)17-7-4-8-18(27)12-17/h2-13,15,23H,14H2,1H3,(H,29,32)/t23-/m0/s1. The van der Waals surface area contributed by atoms with Crippen molar-refractivity contribution in [1.82, 2.24) is 10.3 Å². The number of amides is 1. The molecule has 0 radical (unpaired) electrons. The van der Waals surface area contributed by atoms with Crippen LogP contribution in [0.15, 0.2) is 90.4 Å². The maximum Gasteiger partial charge on any atom is 0.251 e. The Hall–Kier alpha value is -3.90. The predicted molar refractivity (Wildman–Crippen MR) is 127 cm³/mol. The van der Waals surface area contributed by atoms with Gasteiger partial charge in [0.25, 0.3) is 5.91 Å². The number of para-hydroxylation sites is 1. The monoisotopic (exact) mass is 457 g/mol. The summed E-state index contributed by atoms with van der Waals surface area (Å²) in [5.41, 5.74) is 3.19. The Morgan fingerprint density at radius 2 is 2.00 bits per heavy atom. The highest BCUT2D eigenvalue weighted by Crippen LogP contribution is 2.36. The van der Waals surface area contributed by atoms with Gasteiger partial charge in [0.1, 0.15) is 17.7 Å². The molecule has 0 unspecified atom stereocenters. The first-order valence-electron chi connectivity index (χ1n) is 10.5. The number of Topliss-reactive ketones (excluding diaryl/α,β-unsaturated/α-hetero) is 1. The molecule has 5 rings (SSSR count). The number of pyridine rings is 1. The van der Waals surface area contributed by atoms with Crippen molar-refractivity contribution in [2.24, 2.45) is 0 Å². The number of aryl methyl sites for hydroxylation is 1. The zero-order valence-corrected chi connectivity index (χ0v) is 18.5. The third kappa shape index (κ3) is 4.01. The Kier molecular flexibility index (Phi) is 5.44. The molecule has 7 heteroatoms. The van der Waals surface area contributed by atoms with E-state index in [1.165, 1.54) is 0 Å². The van der Waals surface area contributed by atoms with Crippen LogP contribution in [0.1, 0.15) is 26.3 Å². The third-order valence-electron chi connectivity index (χ3n) is 5.60. The lowest BCUT2D eigenvalue weighted by Crippen LogP contribution is -2.39. The molecule has 0 saturated carbocycles. The highest BCUT2D eigenvalue weighted by molar-refractivity contribution is 6.31. The molecular formula is C26H20ClN3O3. The van der Waals surface area contributed by atoms with Gasteiger partial charge in [-0.2, -0.15) is 0 Å². The Labute approximate surface area is 196 Å². The number of aromatic nitrogens is 1. The molecule has 164 valence electrons. The molecule has 0 aliphatic carbocycles. The lowest BCUT2D eigenvalue weighted by molar-refractivity contribution is 0.0950. The van der Waals surface area contributed by atoms with Crippen molar-refractivity contribution in [1.29, 1.82) is 0 Å². The molecule has 1 amide bonds. The van der Waals surface area contributed by atoms with Gasteiger partial charge in [-0.25, -0.2) is 4.98 Å². The fourth-order valence-electron chi connectivity index (χ4n) is 3.95. The Morgan fingerprint density at radius 3 is 2.82 bits per heavy atom. The summed E-state index contributed by atoms with van der Waals surface area (Å²) >= 11 is 6.03. The molecule has 2 aliphatic rings. The molecule has 1 aromatic heterocycles. The van der Waals surface area contributed by atoms with Gasteiger partial charge in [-0.1, -0.05) is 35.9 Å². The second kappa shape index (κ2) is 8.56. The minimum absolute atomic E-state index is 0.0845. The number of nitrogens with one attached hydrogen (secondary N) is 1. The highest BCUT2D eigenvalue weighted by atomic mass is 35.5. The van der Waals surface area contributed by atoms with Crippen LogP contribution in [0.4, 0.5) is 5.82 Å². The van der Waals surface area contributed by atoms with E-state index in [4.69, 9.17) is 16.3 Å². The summed E-state index contributed by atoms with van der Waals surface area (Å²) in [5.74, 6) is 0.889. The second-order valence-electron chi connectivity index (χ2n) is 7.81. The Morgan fingerprint density at radius 1 is 1.15 bits per heavy atom. The first-order valence-corrected chi connectivity index (χ1v) is 10.9. The molecule has 1 atom stereocenters. The molecule has 6 nitrogen and oxygen atoms in total. The summed E-state index contributed by atoms with van der Waals surface area (Å²) in [6, 6.07) is 17.8. The molecule has 3 aromatic rings. The van der Waals surface area contributed by atoms with Gasteiger partial charge in [0.05, 0.1) is 17.7 Å². The maximum atomic E-state index is 13.2. The minimum atomic E-state index is -0.550. The van der Waals surface area contributed by atoms with Gasteiger partial charge >= 0.3 is 0 Å². The maximum absolute atomic E-state index is 13.2. The number of anilines is 1. The number of halogens is 1. The number of ketones is 1. The van der Waals surface area contributed by atoms with E-state index < -0.39 is 6.10 Å². The van der Waals surface area contributed by atoms with E-state index in [0.29, 0.717) is 33.3 Å². The van der Waals surface area contributed by atoms with Gasteiger partial charge in [-0.15, -0.1) is 0 Å². The van der Waals surface area contributed by atoms with Crippen LogP contribution in [-0.4, -0.2) is 29.3 Å². The van der Waals surface area contributed by atoms with Crippen molar-refractivity contribution >= 4 is 29.1 Å². The van der Waals surface area contributed by atoms with Crippen LogP contribution in [0.3, 0.4) is 0 Å². The summed E-state index contributed by atoms with van der Waals surface area (Å²) in [6.45, 7) is 2.16. The fraction of sp³-hybridized carbons (Fsp3) is 0.115. The van der Waals surface area contributed by atoms with Crippen LogP contribution in [0.2, 0.25) is 5.02 Å². The average Bonchev–Trinajstić information content (AvgIpc) is 2.83. The van der Waals surface area contributed by atoms with E-state index in [9.17, 15) is 9.59 Å². The van der Waals surface area contributed by atoms with Crippen molar-refractivity contribution in [3.63, 3.8) is 0 Å². The van der Waals surface area contributed by atoms with E-state index >= 15 is 0 Å². The number of fused-ring (bicyclic) bond motifs is 2. The number of nitrogens with zero attached hydrogens (tertiary/aromatic N) is 2. The second-order valence-corrected chi connectivity index (χ2v) is 8.25. The lowest BCUT2D eigenvalue weighted by atomic mass is 9.93. The quantitative estimate of drug-likeness (QED) is 0.614. The molecule has 2 aliphatic heterocycles.